The van der Waals surface area contributed by atoms with E-state index in [-0.39, 0.29) is 17.4 Å². The molecule has 3 aromatic rings. The van der Waals surface area contributed by atoms with E-state index in [1.165, 1.54) is 6.07 Å². The second-order valence-corrected chi connectivity index (χ2v) is 6.35. The van der Waals surface area contributed by atoms with Crippen molar-refractivity contribution >= 4 is 23.2 Å². The summed E-state index contributed by atoms with van der Waals surface area (Å²) < 4.78 is 15.1. The van der Waals surface area contributed by atoms with Gasteiger partial charge in [0.1, 0.15) is 5.82 Å². The fourth-order valence-corrected chi connectivity index (χ4v) is 2.83. The maximum absolute atomic E-state index is 13.5. The van der Waals surface area contributed by atoms with Crippen molar-refractivity contribution in [3.05, 3.63) is 70.1 Å². The van der Waals surface area contributed by atoms with E-state index in [4.69, 9.17) is 11.6 Å². The first kappa shape index (κ1) is 17.2. The summed E-state index contributed by atoms with van der Waals surface area (Å²) in [5.41, 5.74) is 3.91. The van der Waals surface area contributed by atoms with E-state index in [0.29, 0.717) is 16.3 Å². The van der Waals surface area contributed by atoms with Crippen molar-refractivity contribution in [2.45, 2.75) is 13.8 Å². The Balaban J connectivity index is 1.88. The van der Waals surface area contributed by atoms with Crippen LogP contribution in [0, 0.1) is 19.7 Å². The standard InChI is InChI=1S/C19H17ClFN3O/c1-11-8-13(4-6-15(11)21)18-10-17(23-24(18)3)19(25)22-16-7-5-14(20)9-12(16)2/h4-10H,1-3H3,(H,22,25). The van der Waals surface area contributed by atoms with Gasteiger partial charge in [0, 0.05) is 23.3 Å². The molecule has 0 aliphatic heterocycles. The van der Waals surface area contributed by atoms with Gasteiger partial charge in [0.15, 0.2) is 5.69 Å². The Hall–Kier alpha value is -2.66. The molecule has 0 aliphatic carbocycles. The Morgan fingerprint density at radius 2 is 1.88 bits per heavy atom. The zero-order valence-corrected chi connectivity index (χ0v) is 14.9. The number of benzene rings is 2. The molecule has 0 saturated heterocycles. The number of anilines is 1. The van der Waals surface area contributed by atoms with Crippen molar-refractivity contribution in [2.75, 3.05) is 5.32 Å². The number of aryl methyl sites for hydroxylation is 3. The molecule has 3 rings (SSSR count). The quantitative estimate of drug-likeness (QED) is 0.735. The minimum Gasteiger partial charge on any atom is -0.320 e. The Morgan fingerprint density at radius 1 is 1.12 bits per heavy atom. The van der Waals surface area contributed by atoms with E-state index in [1.807, 2.05) is 6.92 Å². The lowest BCUT2D eigenvalue weighted by molar-refractivity contribution is 0.102. The van der Waals surface area contributed by atoms with Crippen LogP contribution in [0.1, 0.15) is 21.6 Å². The van der Waals surface area contributed by atoms with Crippen molar-refractivity contribution in [1.82, 2.24) is 9.78 Å². The first-order chi connectivity index (χ1) is 11.8. The summed E-state index contributed by atoms with van der Waals surface area (Å²) >= 11 is 5.93. The Bertz CT molecular complexity index is 965. The van der Waals surface area contributed by atoms with Crippen molar-refractivity contribution < 1.29 is 9.18 Å². The van der Waals surface area contributed by atoms with E-state index in [9.17, 15) is 9.18 Å². The molecular formula is C19H17ClFN3O. The molecule has 128 valence electrons. The maximum Gasteiger partial charge on any atom is 0.276 e. The van der Waals surface area contributed by atoms with Crippen LogP contribution in [-0.4, -0.2) is 15.7 Å². The molecule has 1 aromatic heterocycles. The van der Waals surface area contributed by atoms with Gasteiger partial charge in [-0.25, -0.2) is 4.39 Å². The second kappa shape index (κ2) is 6.69. The van der Waals surface area contributed by atoms with Crippen LogP contribution in [0.15, 0.2) is 42.5 Å². The highest BCUT2D eigenvalue weighted by molar-refractivity contribution is 6.30. The van der Waals surface area contributed by atoms with Crippen LogP contribution >= 0.6 is 11.6 Å². The summed E-state index contributed by atoms with van der Waals surface area (Å²) in [5, 5.41) is 7.71. The van der Waals surface area contributed by atoms with Gasteiger partial charge in [-0.3, -0.25) is 9.48 Å². The minimum absolute atomic E-state index is 0.262. The first-order valence-corrected chi connectivity index (χ1v) is 8.11. The molecule has 25 heavy (non-hydrogen) atoms. The van der Waals surface area contributed by atoms with E-state index in [1.54, 1.807) is 55.1 Å². The summed E-state index contributed by atoms with van der Waals surface area (Å²) in [6.45, 7) is 3.57. The minimum atomic E-state index is -0.314. The number of carbonyl (C=O) groups is 1. The predicted molar refractivity (Wildman–Crippen MR) is 97.5 cm³/mol. The number of hydrogen-bond donors (Lipinski definition) is 1. The molecule has 0 saturated carbocycles. The molecular weight excluding hydrogens is 341 g/mol. The average Bonchev–Trinajstić information content (AvgIpc) is 2.95. The highest BCUT2D eigenvalue weighted by atomic mass is 35.5. The van der Waals surface area contributed by atoms with Crippen LogP contribution in [0.25, 0.3) is 11.3 Å². The normalized spacial score (nSPS) is 10.8. The number of nitrogens with one attached hydrogen (secondary N) is 1. The molecule has 0 atom stereocenters. The summed E-state index contributed by atoms with van der Waals surface area (Å²) in [6, 6.07) is 11.8. The lowest BCUT2D eigenvalue weighted by Crippen LogP contribution is -2.13. The molecule has 0 aliphatic rings. The molecule has 1 N–H and O–H groups in total. The zero-order chi connectivity index (χ0) is 18.1. The molecule has 0 spiro atoms. The van der Waals surface area contributed by atoms with Crippen LogP contribution in [0.4, 0.5) is 10.1 Å². The van der Waals surface area contributed by atoms with Gasteiger partial charge in [-0.1, -0.05) is 11.6 Å². The number of carbonyl (C=O) groups excluding carboxylic acids is 1. The van der Waals surface area contributed by atoms with Crippen LogP contribution < -0.4 is 5.32 Å². The average molecular weight is 358 g/mol. The molecule has 0 fully saturated rings. The molecule has 1 amide bonds. The van der Waals surface area contributed by atoms with Crippen LogP contribution in [0.2, 0.25) is 5.02 Å². The van der Waals surface area contributed by atoms with E-state index < -0.39 is 0 Å². The largest absolute Gasteiger partial charge is 0.320 e. The van der Waals surface area contributed by atoms with Gasteiger partial charge in [0.25, 0.3) is 5.91 Å². The maximum atomic E-state index is 13.5. The summed E-state index contributed by atoms with van der Waals surface area (Å²) in [5.74, 6) is -0.576. The summed E-state index contributed by atoms with van der Waals surface area (Å²) in [6.07, 6.45) is 0. The highest BCUT2D eigenvalue weighted by Crippen LogP contribution is 2.24. The summed E-state index contributed by atoms with van der Waals surface area (Å²) in [7, 11) is 1.75. The smallest absolute Gasteiger partial charge is 0.276 e. The Labute approximate surface area is 150 Å². The van der Waals surface area contributed by atoms with Gasteiger partial charge < -0.3 is 5.32 Å². The lowest BCUT2D eigenvalue weighted by atomic mass is 10.1. The van der Waals surface area contributed by atoms with E-state index in [2.05, 4.69) is 10.4 Å². The number of nitrogens with zero attached hydrogens (tertiary/aromatic N) is 2. The number of halogens is 2. The SMILES string of the molecule is Cc1cc(-c2cc(C(=O)Nc3ccc(Cl)cc3C)nn2C)ccc1F. The molecule has 0 unspecified atom stereocenters. The molecule has 0 bridgehead atoms. The zero-order valence-electron chi connectivity index (χ0n) is 14.1. The fourth-order valence-electron chi connectivity index (χ4n) is 2.61. The number of aromatic nitrogens is 2. The van der Waals surface area contributed by atoms with E-state index in [0.717, 1.165) is 16.8 Å². The number of rotatable bonds is 3. The molecule has 1 heterocycles. The van der Waals surface area contributed by atoms with Gasteiger partial charge >= 0.3 is 0 Å². The van der Waals surface area contributed by atoms with Gasteiger partial charge in [0.2, 0.25) is 0 Å². The molecule has 4 nitrogen and oxygen atoms in total. The highest BCUT2D eigenvalue weighted by Gasteiger charge is 2.15. The number of amides is 1. The molecule has 2 aromatic carbocycles. The second-order valence-electron chi connectivity index (χ2n) is 5.92. The van der Waals surface area contributed by atoms with Crippen molar-refractivity contribution in [2.24, 2.45) is 7.05 Å². The van der Waals surface area contributed by atoms with Crippen LogP contribution in [0.3, 0.4) is 0 Å². The van der Waals surface area contributed by atoms with Gasteiger partial charge in [0.05, 0.1) is 5.69 Å². The lowest BCUT2D eigenvalue weighted by Gasteiger charge is -2.07. The van der Waals surface area contributed by atoms with Crippen LogP contribution in [0.5, 0.6) is 0 Å². The summed E-state index contributed by atoms with van der Waals surface area (Å²) in [4.78, 5) is 12.5. The predicted octanol–water partition coefficient (Wildman–Crippen LogP) is 4.75. The van der Waals surface area contributed by atoms with Gasteiger partial charge in [-0.2, -0.15) is 5.10 Å². The van der Waals surface area contributed by atoms with Crippen molar-refractivity contribution in [3.8, 4) is 11.3 Å². The third-order valence-corrected chi connectivity index (χ3v) is 4.24. The van der Waals surface area contributed by atoms with E-state index >= 15 is 0 Å². The first-order valence-electron chi connectivity index (χ1n) is 7.73. The van der Waals surface area contributed by atoms with Gasteiger partial charge in [-0.05, 0) is 67.4 Å². The Kier molecular flexibility index (Phi) is 4.59. The number of hydrogen-bond acceptors (Lipinski definition) is 2. The third kappa shape index (κ3) is 3.56. The topological polar surface area (TPSA) is 46.9 Å². The van der Waals surface area contributed by atoms with Gasteiger partial charge in [-0.15, -0.1) is 0 Å². The van der Waals surface area contributed by atoms with Crippen molar-refractivity contribution in [1.29, 1.82) is 0 Å². The fraction of sp³-hybridized carbons (Fsp3) is 0.158. The Morgan fingerprint density at radius 3 is 2.56 bits per heavy atom. The monoisotopic (exact) mass is 357 g/mol. The van der Waals surface area contributed by atoms with Crippen LogP contribution in [-0.2, 0) is 7.05 Å². The third-order valence-electron chi connectivity index (χ3n) is 4.00. The molecule has 6 heteroatoms. The molecule has 0 radical (unpaired) electrons. The van der Waals surface area contributed by atoms with Crippen molar-refractivity contribution in [3.63, 3.8) is 0 Å².